The Morgan fingerprint density at radius 3 is 2.00 bits per heavy atom. The molecule has 0 atom stereocenters. The molecule has 0 aliphatic rings. The first-order valence-electron chi connectivity index (χ1n) is 4.76. The van der Waals surface area contributed by atoms with E-state index < -0.39 is 0 Å². The van der Waals surface area contributed by atoms with Crippen LogP contribution >= 0.6 is 45.2 Å². The van der Waals surface area contributed by atoms with Crippen LogP contribution in [0.2, 0.25) is 0 Å². The summed E-state index contributed by atoms with van der Waals surface area (Å²) in [6, 6.07) is 0. The topological polar surface area (TPSA) is 0 Å². The normalized spacial score (nSPS) is 11.3. The molecule has 76 valence electrons. The summed E-state index contributed by atoms with van der Waals surface area (Å²) >= 11 is 4.90. The summed E-state index contributed by atoms with van der Waals surface area (Å²) in [5, 5.41) is 0. The molecule has 0 bridgehead atoms. The van der Waals surface area contributed by atoms with Gasteiger partial charge in [-0.15, -0.1) is 0 Å². The Morgan fingerprint density at radius 1 is 1.08 bits per heavy atom. The Morgan fingerprint density at radius 2 is 1.62 bits per heavy atom. The van der Waals surface area contributed by atoms with Crippen LogP contribution in [0.4, 0.5) is 0 Å². The standard InChI is InChI=1S/C11H18I2/c1-2-3-6-11(7-4-9-12)8-5-10-13/h2-3,6,11H,1,4-5,7-10H2/b6-3+. The Bertz CT molecular complexity index is 133. The maximum absolute atomic E-state index is 3.70. The zero-order chi connectivity index (χ0) is 9.94. The van der Waals surface area contributed by atoms with E-state index in [1.807, 2.05) is 6.08 Å². The van der Waals surface area contributed by atoms with Gasteiger partial charge in [0, 0.05) is 0 Å². The summed E-state index contributed by atoms with van der Waals surface area (Å²) in [6.45, 7) is 3.70. The van der Waals surface area contributed by atoms with Gasteiger partial charge in [-0.3, -0.25) is 0 Å². The summed E-state index contributed by atoms with van der Waals surface area (Å²) in [5.41, 5.74) is 0. The average Bonchev–Trinajstić information content (AvgIpc) is 2.17. The molecule has 0 N–H and O–H groups in total. The molecule has 0 rings (SSSR count). The summed E-state index contributed by atoms with van der Waals surface area (Å²) in [4.78, 5) is 0. The Balaban J connectivity index is 3.72. The van der Waals surface area contributed by atoms with Gasteiger partial charge in [0.15, 0.2) is 0 Å². The maximum atomic E-state index is 3.70. The van der Waals surface area contributed by atoms with Crippen LogP contribution in [0.15, 0.2) is 24.8 Å². The van der Waals surface area contributed by atoms with Gasteiger partial charge in [-0.1, -0.05) is 70.0 Å². The zero-order valence-electron chi connectivity index (χ0n) is 8.02. The lowest BCUT2D eigenvalue weighted by molar-refractivity contribution is 0.537. The van der Waals surface area contributed by atoms with Crippen molar-refractivity contribution in [3.63, 3.8) is 0 Å². The summed E-state index contributed by atoms with van der Waals surface area (Å²) in [5.74, 6) is 0.780. The molecule has 0 heterocycles. The monoisotopic (exact) mass is 404 g/mol. The fourth-order valence-electron chi connectivity index (χ4n) is 1.25. The van der Waals surface area contributed by atoms with Crippen LogP contribution < -0.4 is 0 Å². The van der Waals surface area contributed by atoms with Crippen molar-refractivity contribution in [2.45, 2.75) is 25.7 Å². The number of halogens is 2. The highest BCUT2D eigenvalue weighted by molar-refractivity contribution is 14.1. The first-order valence-corrected chi connectivity index (χ1v) is 7.81. The number of hydrogen-bond acceptors (Lipinski definition) is 0. The molecule has 0 aromatic rings. The molecule has 0 saturated heterocycles. The minimum atomic E-state index is 0.780. The Hall–Kier alpha value is 0.940. The summed E-state index contributed by atoms with van der Waals surface area (Å²) in [7, 11) is 0. The average molecular weight is 404 g/mol. The molecule has 13 heavy (non-hydrogen) atoms. The molecule has 0 aliphatic carbocycles. The number of allylic oxidation sites excluding steroid dienone is 3. The lowest BCUT2D eigenvalue weighted by atomic mass is 9.98. The lowest BCUT2D eigenvalue weighted by Crippen LogP contribution is -1.97. The van der Waals surface area contributed by atoms with Crippen LogP contribution in [0.3, 0.4) is 0 Å². The van der Waals surface area contributed by atoms with Crippen molar-refractivity contribution < 1.29 is 0 Å². The van der Waals surface area contributed by atoms with Crippen molar-refractivity contribution >= 4 is 45.2 Å². The van der Waals surface area contributed by atoms with Crippen LogP contribution in [0.5, 0.6) is 0 Å². The maximum Gasteiger partial charge on any atom is -0.000452 e. The third kappa shape index (κ3) is 9.25. The van der Waals surface area contributed by atoms with Crippen LogP contribution in [-0.2, 0) is 0 Å². The predicted molar refractivity (Wildman–Crippen MR) is 79.1 cm³/mol. The number of hydrogen-bond donors (Lipinski definition) is 0. The molecular formula is C11H18I2. The lowest BCUT2D eigenvalue weighted by Gasteiger charge is -2.10. The minimum absolute atomic E-state index is 0.780. The molecule has 0 unspecified atom stereocenters. The van der Waals surface area contributed by atoms with Crippen molar-refractivity contribution in [3.05, 3.63) is 24.8 Å². The van der Waals surface area contributed by atoms with Gasteiger partial charge in [0.1, 0.15) is 0 Å². The van der Waals surface area contributed by atoms with Gasteiger partial charge in [0.05, 0.1) is 0 Å². The highest BCUT2D eigenvalue weighted by Gasteiger charge is 2.02. The zero-order valence-corrected chi connectivity index (χ0v) is 12.3. The molecule has 0 fully saturated rings. The van der Waals surface area contributed by atoms with Gasteiger partial charge in [-0.2, -0.15) is 0 Å². The van der Waals surface area contributed by atoms with Crippen molar-refractivity contribution in [2.75, 3.05) is 8.86 Å². The van der Waals surface area contributed by atoms with E-state index in [4.69, 9.17) is 0 Å². The van der Waals surface area contributed by atoms with E-state index in [1.54, 1.807) is 0 Å². The van der Waals surface area contributed by atoms with Crippen LogP contribution in [-0.4, -0.2) is 8.86 Å². The highest BCUT2D eigenvalue weighted by atomic mass is 127. The van der Waals surface area contributed by atoms with Crippen LogP contribution in [0.1, 0.15) is 25.7 Å². The van der Waals surface area contributed by atoms with Crippen LogP contribution in [0, 0.1) is 5.92 Å². The van der Waals surface area contributed by atoms with Gasteiger partial charge < -0.3 is 0 Å². The first kappa shape index (κ1) is 13.9. The second-order valence-electron chi connectivity index (χ2n) is 3.04. The second-order valence-corrected chi connectivity index (χ2v) is 5.20. The number of alkyl halides is 2. The van der Waals surface area contributed by atoms with Gasteiger partial charge in [0.2, 0.25) is 0 Å². The molecule has 0 radical (unpaired) electrons. The molecule has 0 aromatic carbocycles. The number of rotatable bonds is 8. The second kappa shape index (κ2) is 11.0. The molecule has 0 nitrogen and oxygen atoms in total. The fourth-order valence-corrected chi connectivity index (χ4v) is 2.13. The Labute approximate surface area is 110 Å². The van der Waals surface area contributed by atoms with E-state index in [1.165, 1.54) is 34.5 Å². The van der Waals surface area contributed by atoms with Crippen molar-refractivity contribution in [1.29, 1.82) is 0 Å². The molecular weight excluding hydrogens is 386 g/mol. The molecule has 2 heteroatoms. The molecule has 0 aliphatic heterocycles. The molecule has 0 saturated carbocycles. The van der Waals surface area contributed by atoms with Gasteiger partial charge in [-0.05, 0) is 40.5 Å². The van der Waals surface area contributed by atoms with Gasteiger partial charge >= 0.3 is 0 Å². The van der Waals surface area contributed by atoms with Gasteiger partial charge in [-0.25, -0.2) is 0 Å². The van der Waals surface area contributed by atoms with Gasteiger partial charge in [0.25, 0.3) is 0 Å². The fraction of sp³-hybridized carbons (Fsp3) is 0.636. The van der Waals surface area contributed by atoms with Crippen LogP contribution in [0.25, 0.3) is 0 Å². The van der Waals surface area contributed by atoms with E-state index in [0.717, 1.165) is 5.92 Å². The summed E-state index contributed by atoms with van der Waals surface area (Å²) in [6.07, 6.45) is 11.6. The van der Waals surface area contributed by atoms with E-state index in [2.05, 4.69) is 63.9 Å². The molecule has 0 aromatic heterocycles. The first-order chi connectivity index (χ1) is 6.35. The third-order valence-electron chi connectivity index (χ3n) is 1.94. The van der Waals surface area contributed by atoms with Crippen molar-refractivity contribution in [2.24, 2.45) is 5.92 Å². The molecule has 0 amide bonds. The van der Waals surface area contributed by atoms with E-state index >= 15 is 0 Å². The SMILES string of the molecule is C=C/C=C/C(CCCI)CCCI. The smallest absolute Gasteiger partial charge is 0.000452 e. The summed E-state index contributed by atoms with van der Waals surface area (Å²) < 4.78 is 2.56. The Kier molecular flexibility index (Phi) is 11.8. The predicted octanol–water partition coefficient (Wildman–Crippen LogP) is 4.78. The van der Waals surface area contributed by atoms with E-state index in [9.17, 15) is 0 Å². The van der Waals surface area contributed by atoms with E-state index in [-0.39, 0.29) is 0 Å². The van der Waals surface area contributed by atoms with E-state index in [0.29, 0.717) is 0 Å². The largest absolute Gasteiger partial charge is 0.0991 e. The van der Waals surface area contributed by atoms with Crippen molar-refractivity contribution in [3.8, 4) is 0 Å². The van der Waals surface area contributed by atoms with Crippen molar-refractivity contribution in [1.82, 2.24) is 0 Å². The molecule has 0 spiro atoms. The quantitative estimate of drug-likeness (QED) is 0.311. The minimum Gasteiger partial charge on any atom is -0.0991 e. The third-order valence-corrected chi connectivity index (χ3v) is 3.46. The highest BCUT2D eigenvalue weighted by Crippen LogP contribution is 2.16.